The topological polar surface area (TPSA) is 31.2 Å². The van der Waals surface area contributed by atoms with Gasteiger partial charge in [-0.05, 0) is 74.9 Å². The Morgan fingerprint density at radius 2 is 1.68 bits per heavy atom. The summed E-state index contributed by atoms with van der Waals surface area (Å²) < 4.78 is 23.5. The number of nitrogens with zero attached hydrogens (tertiary/aromatic N) is 1. The van der Waals surface area contributed by atoms with Crippen LogP contribution in [0, 0.1) is 20.8 Å². The molecule has 5 heteroatoms. The van der Waals surface area contributed by atoms with E-state index in [1.54, 1.807) is 31.5 Å². The molecule has 0 radical (unpaired) electrons. The number of ether oxygens (including phenoxy) is 1. The largest absolute Gasteiger partial charge is 0.456 e. The fraction of sp³-hybridized carbons (Fsp3) is 0.269. The molecule has 0 unspecified atom stereocenters. The van der Waals surface area contributed by atoms with Gasteiger partial charge in [0.15, 0.2) is 0 Å². The van der Waals surface area contributed by atoms with Crippen LogP contribution in [0.2, 0.25) is 0 Å². The smallest absolute Gasteiger partial charge is 0.268 e. The van der Waals surface area contributed by atoms with Gasteiger partial charge in [0.05, 0.1) is 0 Å². The van der Waals surface area contributed by atoms with Gasteiger partial charge in [-0.2, -0.15) is 0 Å². The molecule has 0 bridgehead atoms. The Morgan fingerprint density at radius 1 is 1.00 bits per heavy atom. The van der Waals surface area contributed by atoms with E-state index >= 15 is 0 Å². The van der Waals surface area contributed by atoms with Gasteiger partial charge in [0, 0.05) is 29.8 Å². The van der Waals surface area contributed by atoms with E-state index in [1.807, 2.05) is 43.6 Å². The first-order valence-electron chi connectivity index (χ1n) is 10.2. The summed E-state index contributed by atoms with van der Waals surface area (Å²) in [5.41, 5.74) is 3.89. The average molecular weight is 436 g/mol. The molecule has 2 heterocycles. The first kappa shape index (κ1) is 21.3. The molecule has 0 amide bonds. The summed E-state index contributed by atoms with van der Waals surface area (Å²) in [6.07, 6.45) is 1.81. The van der Waals surface area contributed by atoms with Gasteiger partial charge in [0.2, 0.25) is 0 Å². The Labute approximate surface area is 185 Å². The fourth-order valence-corrected chi connectivity index (χ4v) is 4.91. The number of rotatable bonds is 4. The zero-order chi connectivity index (χ0) is 22.5. The lowest BCUT2D eigenvalue weighted by Gasteiger charge is -2.20. The Kier molecular flexibility index (Phi) is 5.26. The summed E-state index contributed by atoms with van der Waals surface area (Å²) >= 11 is 1.41. The molecule has 0 spiro atoms. The minimum Gasteiger partial charge on any atom is -0.456 e. The number of thiophene rings is 1. The lowest BCUT2D eigenvalue weighted by atomic mass is 9.94. The maximum absolute atomic E-state index is 14.9. The number of halogens is 1. The van der Waals surface area contributed by atoms with E-state index in [9.17, 15) is 9.18 Å². The van der Waals surface area contributed by atoms with Crippen molar-refractivity contribution in [1.29, 1.82) is 0 Å². The summed E-state index contributed by atoms with van der Waals surface area (Å²) in [6, 6.07) is 11.6. The van der Waals surface area contributed by atoms with Crippen LogP contribution in [0.3, 0.4) is 0 Å². The second kappa shape index (κ2) is 7.65. The van der Waals surface area contributed by atoms with Crippen molar-refractivity contribution in [3.8, 4) is 22.6 Å². The Balaban J connectivity index is 1.98. The second-order valence-electron chi connectivity index (χ2n) is 8.64. The van der Waals surface area contributed by atoms with Crippen molar-refractivity contribution in [3.63, 3.8) is 0 Å². The van der Waals surface area contributed by atoms with E-state index < -0.39 is 5.67 Å². The van der Waals surface area contributed by atoms with Crippen LogP contribution in [0.1, 0.15) is 36.1 Å². The number of hydrogen-bond donors (Lipinski definition) is 0. The molecule has 0 saturated carbocycles. The third-order valence-corrected chi connectivity index (χ3v) is 6.47. The molecule has 160 valence electrons. The van der Waals surface area contributed by atoms with Gasteiger partial charge < -0.3 is 9.30 Å². The van der Waals surface area contributed by atoms with Crippen LogP contribution in [0.4, 0.5) is 4.39 Å². The van der Waals surface area contributed by atoms with Crippen LogP contribution in [-0.4, -0.2) is 4.57 Å². The lowest BCUT2D eigenvalue weighted by Crippen LogP contribution is -2.15. The van der Waals surface area contributed by atoms with Crippen molar-refractivity contribution in [2.45, 2.75) is 40.3 Å². The summed E-state index contributed by atoms with van der Waals surface area (Å²) in [4.78, 5) is 12.6. The zero-order valence-electron chi connectivity index (χ0n) is 18.7. The highest BCUT2D eigenvalue weighted by molar-refractivity contribution is 7.17. The molecule has 4 rings (SSSR count). The van der Waals surface area contributed by atoms with E-state index in [0.29, 0.717) is 16.0 Å². The molecule has 4 aromatic rings. The second-order valence-corrected chi connectivity index (χ2v) is 9.55. The molecule has 0 aliphatic rings. The molecule has 0 saturated heterocycles. The van der Waals surface area contributed by atoms with Crippen LogP contribution in [0.25, 0.3) is 21.2 Å². The van der Waals surface area contributed by atoms with E-state index in [2.05, 4.69) is 19.1 Å². The molecule has 0 N–H and O–H groups in total. The predicted molar refractivity (Wildman–Crippen MR) is 127 cm³/mol. The lowest BCUT2D eigenvalue weighted by molar-refractivity contribution is 0.221. The van der Waals surface area contributed by atoms with Crippen molar-refractivity contribution < 1.29 is 9.13 Å². The number of aromatic nitrogens is 1. The van der Waals surface area contributed by atoms with Gasteiger partial charge >= 0.3 is 0 Å². The Morgan fingerprint density at radius 3 is 2.32 bits per heavy atom. The van der Waals surface area contributed by atoms with Gasteiger partial charge in [0.1, 0.15) is 21.9 Å². The van der Waals surface area contributed by atoms with Crippen LogP contribution >= 0.6 is 11.3 Å². The van der Waals surface area contributed by atoms with Crippen molar-refractivity contribution in [1.82, 2.24) is 4.57 Å². The molecular weight excluding hydrogens is 409 g/mol. The highest BCUT2D eigenvalue weighted by atomic mass is 32.1. The van der Waals surface area contributed by atoms with Crippen molar-refractivity contribution in [3.05, 3.63) is 80.6 Å². The summed E-state index contributed by atoms with van der Waals surface area (Å²) in [5, 5.41) is 2.76. The van der Waals surface area contributed by atoms with Gasteiger partial charge in [-0.3, -0.25) is 4.79 Å². The monoisotopic (exact) mass is 435 g/mol. The van der Waals surface area contributed by atoms with E-state index in [-0.39, 0.29) is 5.56 Å². The van der Waals surface area contributed by atoms with Gasteiger partial charge in [-0.25, -0.2) is 4.39 Å². The first-order valence-corrected chi connectivity index (χ1v) is 11.1. The van der Waals surface area contributed by atoms with Gasteiger partial charge in [0.25, 0.3) is 5.56 Å². The minimum atomic E-state index is -1.50. The number of fused-ring (bicyclic) bond motifs is 1. The Bertz CT molecular complexity index is 1340. The normalized spacial score (nSPS) is 11.8. The van der Waals surface area contributed by atoms with Crippen LogP contribution in [0.5, 0.6) is 11.5 Å². The van der Waals surface area contributed by atoms with Crippen LogP contribution < -0.4 is 10.3 Å². The van der Waals surface area contributed by atoms with Gasteiger partial charge in [-0.15, -0.1) is 11.3 Å². The van der Waals surface area contributed by atoms with Gasteiger partial charge in [-0.1, -0.05) is 23.8 Å². The van der Waals surface area contributed by atoms with E-state index in [0.717, 1.165) is 33.4 Å². The fourth-order valence-electron chi connectivity index (χ4n) is 4.02. The first-order chi connectivity index (χ1) is 14.6. The molecule has 0 fully saturated rings. The van der Waals surface area contributed by atoms with Crippen LogP contribution in [0.15, 0.2) is 52.8 Å². The predicted octanol–water partition coefficient (Wildman–Crippen LogP) is 7.19. The molecule has 0 atom stereocenters. The van der Waals surface area contributed by atoms with Crippen molar-refractivity contribution >= 4 is 21.4 Å². The molecule has 3 nitrogen and oxygen atoms in total. The highest BCUT2D eigenvalue weighted by Gasteiger charge is 2.23. The number of hydrogen-bond acceptors (Lipinski definition) is 3. The third kappa shape index (κ3) is 3.90. The number of benzene rings is 2. The molecule has 2 aromatic heterocycles. The standard InChI is InChI=1S/C26H26FNO2S/c1-15-11-16(2)23(17(3)12-15)30-22-8-7-18(26(4,5)27)13-20(22)21-14-28(6)25(29)24-19(21)9-10-31-24/h7-14H,1-6H3. The number of alkyl halides is 1. The third-order valence-electron chi connectivity index (χ3n) is 5.57. The summed E-state index contributed by atoms with van der Waals surface area (Å²) in [6.45, 7) is 9.20. The molecule has 31 heavy (non-hydrogen) atoms. The minimum absolute atomic E-state index is 0.0385. The van der Waals surface area contributed by atoms with Crippen molar-refractivity contribution in [2.75, 3.05) is 0 Å². The number of pyridine rings is 1. The summed E-state index contributed by atoms with van der Waals surface area (Å²) in [5.74, 6) is 1.43. The maximum Gasteiger partial charge on any atom is 0.268 e. The Hall–Kier alpha value is -2.92. The molecule has 2 aromatic carbocycles. The molecular formula is C26H26FNO2S. The quantitative estimate of drug-likeness (QED) is 0.340. The van der Waals surface area contributed by atoms with Crippen molar-refractivity contribution in [2.24, 2.45) is 7.05 Å². The highest BCUT2D eigenvalue weighted by Crippen LogP contribution is 2.41. The summed E-state index contributed by atoms with van der Waals surface area (Å²) in [7, 11) is 1.74. The van der Waals surface area contributed by atoms with Crippen LogP contribution in [-0.2, 0) is 12.7 Å². The maximum atomic E-state index is 14.9. The zero-order valence-corrected chi connectivity index (χ0v) is 19.5. The van der Waals surface area contributed by atoms with E-state index in [1.165, 1.54) is 16.9 Å². The van der Waals surface area contributed by atoms with E-state index in [4.69, 9.17) is 4.74 Å². The SMILES string of the molecule is Cc1cc(C)c(Oc2ccc(C(C)(C)F)cc2-c2cn(C)c(=O)c3sccc23)c(C)c1. The molecule has 0 aliphatic heterocycles. The average Bonchev–Trinajstić information content (AvgIpc) is 3.17. The molecule has 0 aliphatic carbocycles. The number of aryl methyl sites for hydroxylation is 4.